The number of benzene rings is 1. The summed E-state index contributed by atoms with van der Waals surface area (Å²) >= 11 is 0. The summed E-state index contributed by atoms with van der Waals surface area (Å²) in [5.41, 5.74) is 5.89. The Kier molecular flexibility index (Phi) is 2.81. The largest absolute Gasteiger partial charge is 0.416 e. The highest BCUT2D eigenvalue weighted by atomic mass is 19.4. The predicted octanol–water partition coefficient (Wildman–Crippen LogP) is 4.13. The second kappa shape index (κ2) is 3.81. The molecule has 0 unspecified atom stereocenters. The molecule has 106 valence electrons. The van der Waals surface area contributed by atoms with Crippen molar-refractivity contribution in [1.82, 2.24) is 0 Å². The van der Waals surface area contributed by atoms with E-state index in [-0.39, 0.29) is 22.6 Å². The number of nitrogens with one attached hydrogen (secondary N) is 1. The van der Waals surface area contributed by atoms with Crippen LogP contribution < -0.4 is 11.1 Å². The van der Waals surface area contributed by atoms with Gasteiger partial charge in [0.1, 0.15) is 0 Å². The molecule has 0 spiro atoms. The van der Waals surface area contributed by atoms with Gasteiger partial charge in [0.05, 0.1) is 16.9 Å². The van der Waals surface area contributed by atoms with Gasteiger partial charge in [-0.1, -0.05) is 27.7 Å². The van der Waals surface area contributed by atoms with Gasteiger partial charge in [-0.2, -0.15) is 13.2 Å². The third-order valence-electron chi connectivity index (χ3n) is 4.70. The molecule has 5 heteroatoms. The Morgan fingerprint density at radius 2 is 1.63 bits per heavy atom. The number of nitrogens with two attached hydrogens (primary N) is 1. The number of anilines is 2. The second-order valence-electron chi connectivity index (χ2n) is 6.32. The Morgan fingerprint density at radius 3 is 2.00 bits per heavy atom. The minimum absolute atomic E-state index is 0.0993. The lowest BCUT2D eigenvalue weighted by Crippen LogP contribution is -2.13. The van der Waals surface area contributed by atoms with Gasteiger partial charge in [-0.3, -0.25) is 0 Å². The van der Waals surface area contributed by atoms with Gasteiger partial charge in [0.15, 0.2) is 0 Å². The van der Waals surface area contributed by atoms with Gasteiger partial charge in [0, 0.05) is 6.04 Å². The Bertz CT molecular complexity index is 490. The van der Waals surface area contributed by atoms with Crippen molar-refractivity contribution in [1.29, 1.82) is 0 Å². The topological polar surface area (TPSA) is 38.0 Å². The molecular formula is C14H19F3N2. The normalized spacial score (nSPS) is 21.2. The lowest BCUT2D eigenvalue weighted by Gasteiger charge is -2.13. The Labute approximate surface area is 111 Å². The van der Waals surface area contributed by atoms with Gasteiger partial charge in [0.2, 0.25) is 0 Å². The molecule has 0 aliphatic heterocycles. The molecule has 1 fully saturated rings. The van der Waals surface area contributed by atoms with Crippen LogP contribution in [-0.2, 0) is 6.18 Å². The maximum Gasteiger partial charge on any atom is 0.416 e. The number of hydrogen-bond donors (Lipinski definition) is 2. The van der Waals surface area contributed by atoms with E-state index in [1.54, 1.807) is 0 Å². The van der Waals surface area contributed by atoms with Gasteiger partial charge < -0.3 is 11.1 Å². The molecule has 0 radical (unpaired) electrons. The molecule has 3 N–H and O–H groups in total. The van der Waals surface area contributed by atoms with Gasteiger partial charge >= 0.3 is 6.18 Å². The summed E-state index contributed by atoms with van der Waals surface area (Å²) in [6.07, 6.45) is -4.36. The maximum atomic E-state index is 12.5. The van der Waals surface area contributed by atoms with Crippen molar-refractivity contribution in [3.05, 3.63) is 23.8 Å². The lowest BCUT2D eigenvalue weighted by molar-refractivity contribution is -0.137. The highest BCUT2D eigenvalue weighted by Gasteiger charge is 2.65. The molecule has 0 bridgehead atoms. The molecule has 0 amide bonds. The van der Waals surface area contributed by atoms with Crippen LogP contribution in [-0.4, -0.2) is 6.04 Å². The van der Waals surface area contributed by atoms with Crippen LogP contribution in [0.5, 0.6) is 0 Å². The van der Waals surface area contributed by atoms with Gasteiger partial charge in [-0.05, 0) is 29.0 Å². The number of rotatable bonds is 2. The summed E-state index contributed by atoms with van der Waals surface area (Å²) in [5.74, 6) is 0. The predicted molar refractivity (Wildman–Crippen MR) is 70.8 cm³/mol. The molecule has 0 heterocycles. The quantitative estimate of drug-likeness (QED) is 0.794. The van der Waals surface area contributed by atoms with E-state index in [1.807, 2.05) is 0 Å². The Balaban J connectivity index is 2.21. The minimum Gasteiger partial charge on any atom is -0.397 e. The van der Waals surface area contributed by atoms with E-state index in [0.29, 0.717) is 5.69 Å². The van der Waals surface area contributed by atoms with Crippen molar-refractivity contribution in [2.45, 2.75) is 39.9 Å². The van der Waals surface area contributed by atoms with Crippen LogP contribution in [0.3, 0.4) is 0 Å². The van der Waals surface area contributed by atoms with Gasteiger partial charge in [0.25, 0.3) is 0 Å². The fourth-order valence-electron chi connectivity index (χ4n) is 2.58. The molecule has 1 aliphatic carbocycles. The highest BCUT2D eigenvalue weighted by molar-refractivity contribution is 5.68. The summed E-state index contributed by atoms with van der Waals surface area (Å²) in [5, 5.41) is 3.25. The van der Waals surface area contributed by atoms with Crippen molar-refractivity contribution in [2.75, 3.05) is 11.1 Å². The highest BCUT2D eigenvalue weighted by Crippen LogP contribution is 2.63. The monoisotopic (exact) mass is 272 g/mol. The first-order valence-electron chi connectivity index (χ1n) is 6.21. The van der Waals surface area contributed by atoms with Gasteiger partial charge in [-0.25, -0.2) is 0 Å². The van der Waals surface area contributed by atoms with E-state index in [1.165, 1.54) is 6.07 Å². The third-order valence-corrected chi connectivity index (χ3v) is 4.70. The smallest absolute Gasteiger partial charge is 0.397 e. The van der Waals surface area contributed by atoms with E-state index < -0.39 is 11.7 Å². The molecule has 1 aliphatic rings. The molecule has 1 aromatic rings. The van der Waals surface area contributed by atoms with Gasteiger partial charge in [-0.15, -0.1) is 0 Å². The number of halogens is 3. The standard InChI is InChI=1S/C14H19F3N2/c1-12(2)11(13(12,3)4)19-10-6-5-8(7-9(10)18)14(15,16)17/h5-7,11,19H,18H2,1-4H3. The first-order chi connectivity index (χ1) is 8.48. The first-order valence-corrected chi connectivity index (χ1v) is 6.21. The van der Waals surface area contributed by atoms with E-state index in [2.05, 4.69) is 33.0 Å². The number of nitrogen functional groups attached to an aromatic ring is 1. The van der Waals surface area contributed by atoms with E-state index in [4.69, 9.17) is 5.73 Å². The SMILES string of the molecule is CC1(C)C(Nc2ccc(C(F)(F)F)cc2N)C1(C)C. The van der Waals surface area contributed by atoms with Crippen LogP contribution in [0.2, 0.25) is 0 Å². The summed E-state index contributed by atoms with van der Waals surface area (Å²) in [7, 11) is 0. The molecule has 0 saturated heterocycles. The molecule has 0 aromatic heterocycles. The number of alkyl halides is 3. The fraction of sp³-hybridized carbons (Fsp3) is 0.571. The van der Waals surface area contributed by atoms with E-state index in [9.17, 15) is 13.2 Å². The summed E-state index contributed by atoms with van der Waals surface area (Å²) in [4.78, 5) is 0. The lowest BCUT2D eigenvalue weighted by atomic mass is 10.0. The average Bonchev–Trinajstić information content (AvgIpc) is 2.61. The van der Waals surface area contributed by atoms with Crippen molar-refractivity contribution in [2.24, 2.45) is 10.8 Å². The Hall–Kier alpha value is -1.39. The van der Waals surface area contributed by atoms with Crippen LogP contribution in [0.1, 0.15) is 33.3 Å². The van der Waals surface area contributed by atoms with Crippen LogP contribution >= 0.6 is 0 Å². The zero-order chi connectivity index (χ0) is 14.6. The fourth-order valence-corrected chi connectivity index (χ4v) is 2.58. The molecule has 1 saturated carbocycles. The molecule has 2 rings (SSSR count). The summed E-state index contributed by atoms with van der Waals surface area (Å²) < 4.78 is 37.6. The zero-order valence-electron chi connectivity index (χ0n) is 11.5. The second-order valence-corrected chi connectivity index (χ2v) is 6.32. The molecule has 19 heavy (non-hydrogen) atoms. The summed E-state index contributed by atoms with van der Waals surface area (Å²) in [6, 6.07) is 3.65. The van der Waals surface area contributed by atoms with Crippen LogP contribution in [0.25, 0.3) is 0 Å². The zero-order valence-corrected chi connectivity index (χ0v) is 11.5. The van der Waals surface area contributed by atoms with Crippen molar-refractivity contribution in [3.63, 3.8) is 0 Å². The molecule has 2 nitrogen and oxygen atoms in total. The summed E-state index contributed by atoms with van der Waals surface area (Å²) in [6.45, 7) is 8.52. The van der Waals surface area contributed by atoms with Crippen molar-refractivity contribution in [3.8, 4) is 0 Å². The van der Waals surface area contributed by atoms with Crippen molar-refractivity contribution < 1.29 is 13.2 Å². The molecular weight excluding hydrogens is 253 g/mol. The maximum absolute atomic E-state index is 12.5. The van der Waals surface area contributed by atoms with Crippen LogP contribution in [0, 0.1) is 10.8 Å². The van der Waals surface area contributed by atoms with Crippen molar-refractivity contribution >= 4 is 11.4 Å². The average molecular weight is 272 g/mol. The Morgan fingerprint density at radius 1 is 1.11 bits per heavy atom. The minimum atomic E-state index is -4.36. The first kappa shape index (κ1) is 14.0. The van der Waals surface area contributed by atoms with Crippen LogP contribution in [0.15, 0.2) is 18.2 Å². The molecule has 1 aromatic carbocycles. The number of hydrogen-bond acceptors (Lipinski definition) is 2. The van der Waals surface area contributed by atoms with E-state index >= 15 is 0 Å². The third kappa shape index (κ3) is 2.15. The molecule has 0 atom stereocenters. The van der Waals surface area contributed by atoms with Crippen LogP contribution in [0.4, 0.5) is 24.5 Å². The van der Waals surface area contributed by atoms with E-state index in [0.717, 1.165) is 12.1 Å².